The monoisotopic (exact) mass is 243 g/mol. The summed E-state index contributed by atoms with van der Waals surface area (Å²) < 4.78 is 0. The average molecular weight is 243 g/mol. The van der Waals surface area contributed by atoms with Crippen molar-refractivity contribution in [3.63, 3.8) is 0 Å². The largest absolute Gasteiger partial charge is 0.480 e. The number of amides is 1. The molecule has 0 aromatic heterocycles. The number of carboxylic acid groups (broad SMARTS) is 1. The molecule has 96 valence electrons. The number of carbonyl (C=O) groups is 2. The molecule has 1 amide bonds. The van der Waals surface area contributed by atoms with E-state index in [4.69, 9.17) is 10.2 Å². The molecule has 6 heteroatoms. The van der Waals surface area contributed by atoms with Crippen LogP contribution in [0.2, 0.25) is 0 Å². The molecule has 0 fully saturated rings. The van der Waals surface area contributed by atoms with E-state index in [9.17, 15) is 14.4 Å². The van der Waals surface area contributed by atoms with E-state index in [0.717, 1.165) is 6.42 Å². The lowest BCUT2D eigenvalue weighted by atomic mass is 10.1. The molecule has 0 saturated carbocycles. The van der Waals surface area contributed by atoms with Gasteiger partial charge in [-0.2, -0.15) is 0 Å². The molecule has 0 aromatic carbocycles. The lowest BCUT2D eigenvalue weighted by Gasteiger charge is -2.13. The Morgan fingerprint density at radius 3 is 2.47 bits per heavy atom. The summed E-state index contributed by atoms with van der Waals surface area (Å²) in [5.74, 6) is -0.0752. The van der Waals surface area contributed by atoms with E-state index in [1.54, 1.807) is 5.94 Å². The number of rotatable bonds is 8. The summed E-state index contributed by atoms with van der Waals surface area (Å²) in [7, 11) is 0. The Kier molecular flexibility index (Phi) is 7.67. The molecule has 1 atom stereocenters. The van der Waals surface area contributed by atoms with E-state index in [1.165, 1.54) is 0 Å². The fourth-order valence-electron chi connectivity index (χ4n) is 1.30. The van der Waals surface area contributed by atoms with Crippen LogP contribution in [0.3, 0.4) is 0 Å². The zero-order chi connectivity index (χ0) is 13.3. The number of aliphatic hydroxyl groups is 1. The number of aliphatic carboxylic acids is 1. The fourth-order valence-corrected chi connectivity index (χ4v) is 1.30. The Balaban J connectivity index is 4.32. The molecule has 3 N–H and O–H groups in total. The van der Waals surface area contributed by atoms with Crippen LogP contribution in [-0.2, 0) is 14.4 Å². The predicted molar refractivity (Wildman–Crippen MR) is 60.0 cm³/mol. The third kappa shape index (κ3) is 6.50. The van der Waals surface area contributed by atoms with Gasteiger partial charge in [0.1, 0.15) is 12.0 Å². The quantitative estimate of drug-likeness (QED) is 0.516. The van der Waals surface area contributed by atoms with Gasteiger partial charge in [0.15, 0.2) is 0 Å². The van der Waals surface area contributed by atoms with E-state index >= 15 is 0 Å². The summed E-state index contributed by atoms with van der Waals surface area (Å²) in [6.45, 7) is 1.53. The Hall–Kier alpha value is -1.65. The SMILES string of the molecule is CCCC(=C=O)CC(=O)NC(CCO)C(=O)O. The van der Waals surface area contributed by atoms with E-state index in [0.29, 0.717) is 12.0 Å². The number of hydrogen-bond donors (Lipinski definition) is 3. The third-order valence-electron chi connectivity index (χ3n) is 2.12. The summed E-state index contributed by atoms with van der Waals surface area (Å²) in [5.41, 5.74) is 0.318. The normalized spacial score (nSPS) is 11.4. The van der Waals surface area contributed by atoms with Crippen molar-refractivity contribution in [1.82, 2.24) is 5.32 Å². The highest BCUT2D eigenvalue weighted by Crippen LogP contribution is 2.06. The second-order valence-electron chi connectivity index (χ2n) is 3.60. The molecule has 0 aliphatic rings. The minimum Gasteiger partial charge on any atom is -0.480 e. The molecule has 0 bridgehead atoms. The van der Waals surface area contributed by atoms with Gasteiger partial charge in [0, 0.05) is 18.6 Å². The van der Waals surface area contributed by atoms with Crippen LogP contribution in [0.15, 0.2) is 5.57 Å². The van der Waals surface area contributed by atoms with Crippen molar-refractivity contribution in [3.8, 4) is 0 Å². The highest BCUT2D eigenvalue weighted by atomic mass is 16.4. The first kappa shape index (κ1) is 15.3. The summed E-state index contributed by atoms with van der Waals surface area (Å²) in [4.78, 5) is 32.6. The Morgan fingerprint density at radius 2 is 2.06 bits per heavy atom. The number of aliphatic hydroxyl groups excluding tert-OH is 1. The van der Waals surface area contributed by atoms with Crippen molar-refractivity contribution >= 4 is 17.8 Å². The second kappa shape index (κ2) is 8.50. The minimum absolute atomic E-state index is 0.0605. The van der Waals surface area contributed by atoms with E-state index in [1.807, 2.05) is 6.92 Å². The second-order valence-corrected chi connectivity index (χ2v) is 3.60. The number of carboxylic acids is 1. The zero-order valence-corrected chi connectivity index (χ0v) is 9.73. The van der Waals surface area contributed by atoms with Crippen molar-refractivity contribution in [1.29, 1.82) is 0 Å². The maximum atomic E-state index is 11.4. The molecule has 0 aliphatic carbocycles. The van der Waals surface area contributed by atoms with Gasteiger partial charge in [0.25, 0.3) is 0 Å². The van der Waals surface area contributed by atoms with Gasteiger partial charge in [-0.25, -0.2) is 9.59 Å². The standard InChI is InChI=1S/C11H17NO5/c1-2-3-8(7-14)6-10(15)12-9(4-5-13)11(16)17/h9,13H,2-6H2,1H3,(H,12,15)(H,16,17). The van der Waals surface area contributed by atoms with Crippen LogP contribution in [0.5, 0.6) is 0 Å². The van der Waals surface area contributed by atoms with Crippen LogP contribution < -0.4 is 5.32 Å². The van der Waals surface area contributed by atoms with Gasteiger partial charge < -0.3 is 15.5 Å². The minimum atomic E-state index is -1.21. The maximum absolute atomic E-state index is 11.4. The highest BCUT2D eigenvalue weighted by Gasteiger charge is 2.19. The van der Waals surface area contributed by atoms with Crippen LogP contribution in [0.25, 0.3) is 0 Å². The van der Waals surface area contributed by atoms with Crippen LogP contribution in [0.4, 0.5) is 0 Å². The molecule has 1 unspecified atom stereocenters. The molecule has 0 spiro atoms. The molecular weight excluding hydrogens is 226 g/mol. The molecular formula is C11H17NO5. The van der Waals surface area contributed by atoms with Crippen LogP contribution in [0, 0.1) is 0 Å². The number of nitrogens with one attached hydrogen (secondary N) is 1. The smallest absolute Gasteiger partial charge is 0.326 e. The van der Waals surface area contributed by atoms with Crippen molar-refractivity contribution in [3.05, 3.63) is 5.57 Å². The Morgan fingerprint density at radius 1 is 1.41 bits per heavy atom. The highest BCUT2D eigenvalue weighted by molar-refractivity contribution is 5.86. The molecule has 0 heterocycles. The lowest BCUT2D eigenvalue weighted by Crippen LogP contribution is -2.41. The summed E-state index contributed by atoms with van der Waals surface area (Å²) in [5, 5.41) is 19.6. The molecule has 0 rings (SSSR count). The first-order valence-corrected chi connectivity index (χ1v) is 5.41. The molecule has 0 aliphatic heterocycles. The van der Waals surface area contributed by atoms with Crippen molar-refractivity contribution < 1.29 is 24.6 Å². The van der Waals surface area contributed by atoms with E-state index in [-0.39, 0.29) is 19.4 Å². The van der Waals surface area contributed by atoms with Crippen LogP contribution in [0.1, 0.15) is 32.6 Å². The fraction of sp³-hybridized carbons (Fsp3) is 0.636. The molecule has 6 nitrogen and oxygen atoms in total. The maximum Gasteiger partial charge on any atom is 0.326 e. The topological polar surface area (TPSA) is 104 Å². The van der Waals surface area contributed by atoms with Crippen molar-refractivity contribution in [2.75, 3.05) is 6.61 Å². The van der Waals surface area contributed by atoms with Gasteiger partial charge in [-0.05, 0) is 6.42 Å². The molecule has 17 heavy (non-hydrogen) atoms. The molecule has 0 radical (unpaired) electrons. The predicted octanol–water partition coefficient (Wildman–Crippen LogP) is -0.114. The number of hydrogen-bond acceptors (Lipinski definition) is 4. The third-order valence-corrected chi connectivity index (χ3v) is 2.12. The van der Waals surface area contributed by atoms with Gasteiger partial charge in [-0.1, -0.05) is 13.3 Å². The average Bonchev–Trinajstić information content (AvgIpc) is 2.27. The first-order chi connectivity index (χ1) is 8.04. The summed E-state index contributed by atoms with van der Waals surface area (Å²) in [6, 6.07) is -1.12. The van der Waals surface area contributed by atoms with Crippen LogP contribution in [-0.4, -0.2) is 40.7 Å². The van der Waals surface area contributed by atoms with Gasteiger partial charge in [0.05, 0.1) is 6.42 Å². The van der Waals surface area contributed by atoms with Gasteiger partial charge >= 0.3 is 5.97 Å². The molecule has 0 aromatic rings. The van der Waals surface area contributed by atoms with Gasteiger partial charge in [-0.3, -0.25) is 4.79 Å². The van der Waals surface area contributed by atoms with E-state index in [2.05, 4.69) is 5.32 Å². The van der Waals surface area contributed by atoms with Crippen molar-refractivity contribution in [2.24, 2.45) is 0 Å². The van der Waals surface area contributed by atoms with Gasteiger partial charge in [0.2, 0.25) is 5.91 Å². The lowest BCUT2D eigenvalue weighted by molar-refractivity contribution is -0.142. The Labute approximate surface area is 99.3 Å². The van der Waals surface area contributed by atoms with Crippen molar-refractivity contribution in [2.45, 2.75) is 38.6 Å². The van der Waals surface area contributed by atoms with Crippen LogP contribution >= 0.6 is 0 Å². The summed E-state index contributed by atoms with van der Waals surface area (Å²) in [6.07, 6.45) is 0.979. The number of carbonyl (C=O) groups excluding carboxylic acids is 2. The zero-order valence-electron chi connectivity index (χ0n) is 9.73. The first-order valence-electron chi connectivity index (χ1n) is 5.41. The van der Waals surface area contributed by atoms with Gasteiger partial charge in [-0.15, -0.1) is 0 Å². The molecule has 0 saturated heterocycles. The van der Waals surface area contributed by atoms with E-state index < -0.39 is 17.9 Å². The Bertz CT molecular complexity index is 320. The summed E-state index contributed by atoms with van der Waals surface area (Å²) >= 11 is 0.